The van der Waals surface area contributed by atoms with Gasteiger partial charge in [0.05, 0.1) is 6.04 Å². The first-order valence-electron chi connectivity index (χ1n) is 7.11. The zero-order valence-electron chi connectivity index (χ0n) is 12.3. The smallest absolute Gasteiger partial charge is 0.135 e. The molecule has 0 amide bonds. The Morgan fingerprint density at radius 3 is 2.85 bits per heavy atom. The lowest BCUT2D eigenvalue weighted by Crippen LogP contribution is -2.52. The lowest BCUT2D eigenvalue weighted by atomic mass is 10.0. The minimum Gasteiger partial charge on any atom is -0.458 e. The first-order valence-corrected chi connectivity index (χ1v) is 7.11. The van der Waals surface area contributed by atoms with Gasteiger partial charge in [0.1, 0.15) is 17.4 Å². The van der Waals surface area contributed by atoms with Crippen LogP contribution in [-0.2, 0) is 0 Å². The van der Waals surface area contributed by atoms with Gasteiger partial charge in [0.2, 0.25) is 0 Å². The monoisotopic (exact) mass is 274 g/mol. The van der Waals surface area contributed by atoms with Crippen LogP contribution in [0.2, 0.25) is 0 Å². The Kier molecular flexibility index (Phi) is 3.54. The highest BCUT2D eigenvalue weighted by Gasteiger charge is 2.31. The number of nitrogens with zero attached hydrogens (tertiary/aromatic N) is 2. The number of piperazine rings is 1. The fraction of sp³-hybridized carbons (Fsp3) is 0.500. The number of rotatable bonds is 2. The van der Waals surface area contributed by atoms with Crippen LogP contribution in [0, 0.1) is 6.92 Å². The molecule has 0 radical (unpaired) electrons. The molecule has 2 atom stereocenters. The van der Waals surface area contributed by atoms with E-state index in [4.69, 9.17) is 4.42 Å². The van der Waals surface area contributed by atoms with Crippen molar-refractivity contribution in [1.29, 1.82) is 0 Å². The summed E-state index contributed by atoms with van der Waals surface area (Å²) in [6.45, 7) is 4.93. The second kappa shape index (κ2) is 5.20. The minimum absolute atomic E-state index is 0.0791. The highest BCUT2D eigenvalue weighted by atomic mass is 16.4. The predicted octanol–water partition coefficient (Wildman–Crippen LogP) is 2.02. The third-order valence-electron chi connectivity index (χ3n) is 4.25. The lowest BCUT2D eigenvalue weighted by Gasteiger charge is -2.39. The highest BCUT2D eigenvalue weighted by Crippen LogP contribution is 2.29. The Balaban J connectivity index is 1.89. The van der Waals surface area contributed by atoms with E-state index in [0.717, 1.165) is 30.6 Å². The van der Waals surface area contributed by atoms with Gasteiger partial charge in [0.25, 0.3) is 0 Å². The molecule has 108 valence electrons. The first kappa shape index (κ1) is 13.6. The maximum atomic E-state index is 10.6. The number of aliphatic hydroxyl groups excluding tert-OH is 1. The Bertz CT molecular complexity index is 608. The van der Waals surface area contributed by atoms with E-state index in [-0.39, 0.29) is 6.04 Å². The molecule has 2 unspecified atom stereocenters. The summed E-state index contributed by atoms with van der Waals surface area (Å²) in [5.74, 6) is 0.665. The fourth-order valence-corrected chi connectivity index (χ4v) is 2.90. The Morgan fingerprint density at radius 1 is 1.25 bits per heavy atom. The average Bonchev–Trinajstić information content (AvgIpc) is 2.83. The molecule has 1 aromatic heterocycles. The molecule has 20 heavy (non-hydrogen) atoms. The van der Waals surface area contributed by atoms with Crippen molar-refractivity contribution in [2.45, 2.75) is 19.1 Å². The number of hydrogen-bond donors (Lipinski definition) is 1. The molecule has 0 spiro atoms. The van der Waals surface area contributed by atoms with E-state index >= 15 is 0 Å². The van der Waals surface area contributed by atoms with Gasteiger partial charge in [-0.1, -0.05) is 11.6 Å². The maximum Gasteiger partial charge on any atom is 0.135 e. The molecule has 1 aromatic carbocycles. The first-order chi connectivity index (χ1) is 9.54. The van der Waals surface area contributed by atoms with Gasteiger partial charge in [-0.25, -0.2) is 0 Å². The van der Waals surface area contributed by atoms with Crippen LogP contribution in [0.4, 0.5) is 0 Å². The molecule has 2 heterocycles. The summed E-state index contributed by atoms with van der Waals surface area (Å²) < 4.78 is 5.83. The summed E-state index contributed by atoms with van der Waals surface area (Å²) >= 11 is 0. The van der Waals surface area contributed by atoms with Crippen LogP contribution in [0.25, 0.3) is 11.0 Å². The minimum atomic E-state index is -0.588. The van der Waals surface area contributed by atoms with Crippen molar-refractivity contribution in [3.05, 3.63) is 35.6 Å². The third-order valence-corrected chi connectivity index (χ3v) is 4.25. The van der Waals surface area contributed by atoms with E-state index in [0.29, 0.717) is 5.76 Å². The van der Waals surface area contributed by atoms with Crippen molar-refractivity contribution >= 4 is 11.0 Å². The van der Waals surface area contributed by atoms with Crippen molar-refractivity contribution in [2.24, 2.45) is 0 Å². The van der Waals surface area contributed by atoms with E-state index in [1.54, 1.807) is 0 Å². The zero-order valence-corrected chi connectivity index (χ0v) is 12.3. The molecule has 4 nitrogen and oxygen atoms in total. The quantitative estimate of drug-likeness (QED) is 0.909. The number of aliphatic hydroxyl groups is 1. The van der Waals surface area contributed by atoms with E-state index in [9.17, 15) is 5.11 Å². The molecule has 1 aliphatic heterocycles. The highest BCUT2D eigenvalue weighted by molar-refractivity contribution is 5.78. The van der Waals surface area contributed by atoms with Gasteiger partial charge in [-0.05, 0) is 39.2 Å². The number of hydrogen-bond acceptors (Lipinski definition) is 4. The summed E-state index contributed by atoms with van der Waals surface area (Å²) in [7, 11) is 4.16. The largest absolute Gasteiger partial charge is 0.458 e. The molecule has 0 aliphatic carbocycles. The van der Waals surface area contributed by atoms with Crippen molar-refractivity contribution in [3.8, 4) is 0 Å². The molecule has 1 aliphatic rings. The summed E-state index contributed by atoms with van der Waals surface area (Å²) in [6, 6.07) is 8.14. The molecule has 1 N–H and O–H groups in total. The normalized spacial score (nSPS) is 23.3. The second-order valence-corrected chi connectivity index (χ2v) is 5.95. The number of benzene rings is 1. The van der Waals surface area contributed by atoms with E-state index in [2.05, 4.69) is 36.9 Å². The topological polar surface area (TPSA) is 39.9 Å². The Hall–Kier alpha value is -1.36. The SMILES string of the molecule is Cc1ccc2oc(C(O)C3CN(C)CCN3C)cc2c1. The number of aryl methyl sites for hydroxylation is 1. The predicted molar refractivity (Wildman–Crippen MR) is 79.8 cm³/mol. The molecule has 0 bridgehead atoms. The molecule has 1 saturated heterocycles. The van der Waals surface area contributed by atoms with Crippen LogP contribution in [-0.4, -0.2) is 54.7 Å². The molecular weight excluding hydrogens is 252 g/mol. The summed E-state index contributed by atoms with van der Waals surface area (Å²) in [4.78, 5) is 4.46. The summed E-state index contributed by atoms with van der Waals surface area (Å²) in [6.07, 6.45) is -0.588. The molecule has 2 aromatic rings. The van der Waals surface area contributed by atoms with Crippen LogP contribution in [0.5, 0.6) is 0 Å². The van der Waals surface area contributed by atoms with Crippen LogP contribution < -0.4 is 0 Å². The van der Waals surface area contributed by atoms with Gasteiger partial charge < -0.3 is 14.4 Å². The zero-order chi connectivity index (χ0) is 14.3. The van der Waals surface area contributed by atoms with Gasteiger partial charge >= 0.3 is 0 Å². The van der Waals surface area contributed by atoms with Crippen LogP contribution >= 0.6 is 0 Å². The van der Waals surface area contributed by atoms with E-state index < -0.39 is 6.10 Å². The molecule has 3 rings (SSSR count). The fourth-order valence-electron chi connectivity index (χ4n) is 2.90. The van der Waals surface area contributed by atoms with Gasteiger partial charge in [-0.15, -0.1) is 0 Å². The van der Waals surface area contributed by atoms with Gasteiger partial charge in [-0.2, -0.15) is 0 Å². The average molecular weight is 274 g/mol. The molecular formula is C16H22N2O2. The molecule has 0 saturated carbocycles. The van der Waals surface area contributed by atoms with Crippen molar-refractivity contribution < 1.29 is 9.52 Å². The number of furan rings is 1. The van der Waals surface area contributed by atoms with Gasteiger partial charge in [-0.3, -0.25) is 4.90 Å². The van der Waals surface area contributed by atoms with Crippen molar-refractivity contribution in [1.82, 2.24) is 9.80 Å². The summed E-state index contributed by atoms with van der Waals surface area (Å²) in [5, 5.41) is 11.7. The third kappa shape index (κ3) is 2.46. The molecule has 4 heteroatoms. The number of fused-ring (bicyclic) bond motifs is 1. The van der Waals surface area contributed by atoms with Crippen LogP contribution in [0.3, 0.4) is 0 Å². The number of likely N-dealkylation sites (N-methyl/N-ethyl adjacent to an activating group) is 2. The molecule has 1 fully saturated rings. The van der Waals surface area contributed by atoms with Crippen molar-refractivity contribution in [2.75, 3.05) is 33.7 Å². The van der Waals surface area contributed by atoms with Crippen LogP contribution in [0.15, 0.2) is 28.7 Å². The standard InChI is InChI=1S/C16H22N2O2/c1-11-4-5-14-12(8-11)9-15(20-14)16(19)13-10-17(2)6-7-18(13)3/h4-5,8-9,13,16,19H,6-7,10H2,1-3H3. The van der Waals surface area contributed by atoms with E-state index in [1.807, 2.05) is 18.2 Å². The Labute approximate surface area is 119 Å². The maximum absolute atomic E-state index is 10.6. The van der Waals surface area contributed by atoms with Crippen LogP contribution in [0.1, 0.15) is 17.4 Å². The van der Waals surface area contributed by atoms with Gasteiger partial charge in [0, 0.05) is 25.0 Å². The van der Waals surface area contributed by atoms with E-state index in [1.165, 1.54) is 5.56 Å². The van der Waals surface area contributed by atoms with Crippen molar-refractivity contribution in [3.63, 3.8) is 0 Å². The van der Waals surface area contributed by atoms with Gasteiger partial charge in [0.15, 0.2) is 0 Å². The summed E-state index contributed by atoms with van der Waals surface area (Å²) in [5.41, 5.74) is 2.05. The lowest BCUT2D eigenvalue weighted by molar-refractivity contribution is 0.00408. The second-order valence-electron chi connectivity index (χ2n) is 5.95. The Morgan fingerprint density at radius 2 is 2.05 bits per heavy atom.